The lowest BCUT2D eigenvalue weighted by atomic mass is 10.0. The second-order valence-corrected chi connectivity index (χ2v) is 17.2. The fraction of sp³-hybridized carbons (Fsp3) is 0.811. The zero-order chi connectivity index (χ0) is 43.1. The largest absolute Gasteiger partial charge is 0.462 e. The highest BCUT2D eigenvalue weighted by Gasteiger charge is 2.24. The maximum absolute atomic E-state index is 13.2. The molecular formula is C53H97NO5. The molecule has 6 nitrogen and oxygen atoms in total. The van der Waals surface area contributed by atoms with Gasteiger partial charge in [-0.25, -0.2) is 0 Å². The van der Waals surface area contributed by atoms with Gasteiger partial charge >= 0.3 is 5.97 Å². The van der Waals surface area contributed by atoms with Crippen molar-refractivity contribution in [3.63, 3.8) is 0 Å². The number of nitrogens with one attached hydrogen (secondary N) is 1. The summed E-state index contributed by atoms with van der Waals surface area (Å²) >= 11 is 0. The van der Waals surface area contributed by atoms with E-state index < -0.39 is 18.2 Å². The van der Waals surface area contributed by atoms with Crippen molar-refractivity contribution >= 4 is 11.9 Å². The highest BCUT2D eigenvalue weighted by Crippen LogP contribution is 2.17. The quantitative estimate of drug-likeness (QED) is 0.0323. The lowest BCUT2D eigenvalue weighted by Crippen LogP contribution is -2.46. The van der Waals surface area contributed by atoms with E-state index >= 15 is 0 Å². The van der Waals surface area contributed by atoms with E-state index in [1.165, 1.54) is 109 Å². The smallest absolute Gasteiger partial charge is 0.306 e. The molecule has 344 valence electrons. The van der Waals surface area contributed by atoms with E-state index in [1.54, 1.807) is 0 Å². The minimum Gasteiger partial charge on any atom is -0.462 e. The van der Waals surface area contributed by atoms with Gasteiger partial charge in [0.05, 0.1) is 25.2 Å². The lowest BCUT2D eigenvalue weighted by Gasteiger charge is -2.24. The van der Waals surface area contributed by atoms with Gasteiger partial charge in [0.25, 0.3) is 0 Å². The number of aliphatic hydroxyl groups is 2. The van der Waals surface area contributed by atoms with E-state index in [0.717, 1.165) is 96.3 Å². The van der Waals surface area contributed by atoms with Gasteiger partial charge < -0.3 is 20.3 Å². The Balaban J connectivity index is 4.64. The van der Waals surface area contributed by atoms with Gasteiger partial charge in [-0.1, -0.05) is 204 Å². The second kappa shape index (κ2) is 46.9. The molecule has 0 aliphatic carbocycles. The van der Waals surface area contributed by atoms with Crippen LogP contribution < -0.4 is 5.32 Å². The number of esters is 1. The van der Waals surface area contributed by atoms with Crippen molar-refractivity contribution in [2.45, 2.75) is 270 Å². The van der Waals surface area contributed by atoms with Crippen LogP contribution in [-0.2, 0) is 14.3 Å². The Morgan fingerprint density at radius 2 is 0.915 bits per heavy atom. The molecule has 0 spiro atoms. The van der Waals surface area contributed by atoms with Gasteiger partial charge in [0, 0.05) is 6.42 Å². The third-order valence-corrected chi connectivity index (χ3v) is 11.4. The van der Waals surface area contributed by atoms with Gasteiger partial charge in [-0.3, -0.25) is 9.59 Å². The molecule has 3 unspecified atom stereocenters. The van der Waals surface area contributed by atoms with Crippen LogP contribution in [0, 0.1) is 0 Å². The van der Waals surface area contributed by atoms with Crippen molar-refractivity contribution < 1.29 is 24.5 Å². The van der Waals surface area contributed by atoms with Crippen molar-refractivity contribution in [2.75, 3.05) is 6.61 Å². The summed E-state index contributed by atoms with van der Waals surface area (Å²) < 4.78 is 5.92. The maximum atomic E-state index is 13.2. The number of hydrogen-bond donors (Lipinski definition) is 3. The number of allylic oxidation sites excluding steroid dienone is 8. The number of rotatable bonds is 45. The van der Waals surface area contributed by atoms with Crippen molar-refractivity contribution in [1.82, 2.24) is 5.32 Å². The van der Waals surface area contributed by atoms with Gasteiger partial charge in [0.15, 0.2) is 0 Å². The zero-order valence-electron chi connectivity index (χ0n) is 39.1. The molecule has 0 aliphatic heterocycles. The summed E-state index contributed by atoms with van der Waals surface area (Å²) in [5, 5.41) is 23.7. The Morgan fingerprint density at radius 3 is 1.41 bits per heavy atom. The number of aliphatic hydroxyl groups excluding tert-OH is 2. The average molecular weight is 828 g/mol. The highest BCUT2D eigenvalue weighted by atomic mass is 16.5. The molecule has 0 aromatic heterocycles. The predicted molar refractivity (Wildman–Crippen MR) is 255 cm³/mol. The molecule has 0 heterocycles. The van der Waals surface area contributed by atoms with Gasteiger partial charge in [-0.15, -0.1) is 0 Å². The van der Waals surface area contributed by atoms with Crippen LogP contribution >= 0.6 is 0 Å². The topological polar surface area (TPSA) is 95.9 Å². The second-order valence-electron chi connectivity index (χ2n) is 17.2. The Morgan fingerprint density at radius 1 is 0.508 bits per heavy atom. The minimum absolute atomic E-state index is 0.0633. The van der Waals surface area contributed by atoms with Gasteiger partial charge in [0.2, 0.25) is 5.91 Å². The fourth-order valence-corrected chi connectivity index (χ4v) is 7.56. The fourth-order valence-electron chi connectivity index (χ4n) is 7.56. The van der Waals surface area contributed by atoms with Crippen LogP contribution in [0.3, 0.4) is 0 Å². The van der Waals surface area contributed by atoms with E-state index in [1.807, 2.05) is 0 Å². The Hall–Kier alpha value is -2.18. The molecule has 6 heteroatoms. The normalized spacial score (nSPS) is 13.6. The summed E-state index contributed by atoms with van der Waals surface area (Å²) in [6, 6.07) is -0.707. The SMILES string of the molecule is CC/C=C/C/C=C/C/C=C/CCCCCCC(=O)OC(CCCCCCC/C=C/CCCCCCCC)CC(=O)NC(CO)C(O)CCCCCCCCCCCCC. The molecule has 0 saturated heterocycles. The lowest BCUT2D eigenvalue weighted by molar-refractivity contribution is -0.151. The number of unbranched alkanes of at least 4 members (excludes halogenated alkanes) is 25. The van der Waals surface area contributed by atoms with Crippen LogP contribution in [0.2, 0.25) is 0 Å². The molecule has 0 aromatic rings. The summed E-state index contributed by atoms with van der Waals surface area (Å²) in [6.07, 6.45) is 55.9. The monoisotopic (exact) mass is 828 g/mol. The number of hydrogen-bond acceptors (Lipinski definition) is 5. The van der Waals surface area contributed by atoms with Crippen molar-refractivity contribution in [2.24, 2.45) is 0 Å². The maximum Gasteiger partial charge on any atom is 0.306 e. The molecule has 0 fully saturated rings. The van der Waals surface area contributed by atoms with Crippen LogP contribution in [0.1, 0.15) is 252 Å². The molecular weight excluding hydrogens is 731 g/mol. The summed E-state index contributed by atoms with van der Waals surface area (Å²) in [6.45, 7) is 6.36. The molecule has 3 N–H and O–H groups in total. The van der Waals surface area contributed by atoms with Crippen LogP contribution in [-0.4, -0.2) is 46.9 Å². The minimum atomic E-state index is -0.792. The van der Waals surface area contributed by atoms with Crippen molar-refractivity contribution in [1.29, 1.82) is 0 Å². The first kappa shape index (κ1) is 56.8. The molecule has 1 amide bonds. The average Bonchev–Trinajstić information content (AvgIpc) is 3.23. The summed E-state index contributed by atoms with van der Waals surface area (Å²) in [4.78, 5) is 26.1. The molecule has 0 aromatic carbocycles. The molecule has 0 saturated carbocycles. The van der Waals surface area contributed by atoms with Gasteiger partial charge in [-0.05, 0) is 83.5 Å². The third-order valence-electron chi connectivity index (χ3n) is 11.4. The van der Waals surface area contributed by atoms with Crippen LogP contribution in [0.5, 0.6) is 0 Å². The highest BCUT2D eigenvalue weighted by molar-refractivity contribution is 5.77. The van der Waals surface area contributed by atoms with E-state index in [0.29, 0.717) is 19.3 Å². The third kappa shape index (κ3) is 42.3. The first-order chi connectivity index (χ1) is 29.0. The number of ether oxygens (including phenoxy) is 1. The Bertz CT molecular complexity index is 1020. The van der Waals surface area contributed by atoms with E-state index in [-0.39, 0.29) is 24.9 Å². The van der Waals surface area contributed by atoms with Gasteiger partial charge in [0.1, 0.15) is 6.10 Å². The summed E-state index contributed by atoms with van der Waals surface area (Å²) in [5.74, 6) is -0.504. The molecule has 0 rings (SSSR count). The number of carbonyl (C=O) groups excluding carboxylic acids is 2. The molecule has 0 radical (unpaired) electrons. The first-order valence-electron chi connectivity index (χ1n) is 25.4. The zero-order valence-corrected chi connectivity index (χ0v) is 39.1. The van der Waals surface area contributed by atoms with E-state index in [4.69, 9.17) is 4.74 Å². The predicted octanol–water partition coefficient (Wildman–Crippen LogP) is 15.1. The standard InChI is InChI=1S/C53H97NO5/c1-4-7-10-13-16-19-22-24-26-27-30-32-35-38-41-44-49(59-53(58)46-43-40-37-34-31-28-25-23-20-17-14-11-8-5-2)47-52(57)54-50(48-55)51(56)45-42-39-36-33-29-21-18-15-12-9-6-3/h8,11,17,20,24-26,28,49-51,55-56H,4-7,9-10,12-16,18-19,21-23,27,29-48H2,1-3H3,(H,54,57)/b11-8+,20-17+,26-24+,28-25+. The summed E-state index contributed by atoms with van der Waals surface area (Å²) in [5.41, 5.74) is 0. The Labute approximate surface area is 366 Å². The molecule has 59 heavy (non-hydrogen) atoms. The number of carbonyl (C=O) groups is 2. The molecule has 0 aliphatic rings. The van der Waals surface area contributed by atoms with Crippen LogP contribution in [0.15, 0.2) is 48.6 Å². The van der Waals surface area contributed by atoms with Crippen molar-refractivity contribution in [3.05, 3.63) is 48.6 Å². The Kier molecular flexibility index (Phi) is 45.1. The van der Waals surface area contributed by atoms with E-state index in [2.05, 4.69) is 74.7 Å². The number of amides is 1. The van der Waals surface area contributed by atoms with Crippen LogP contribution in [0.4, 0.5) is 0 Å². The first-order valence-corrected chi connectivity index (χ1v) is 25.4. The molecule has 3 atom stereocenters. The van der Waals surface area contributed by atoms with E-state index in [9.17, 15) is 19.8 Å². The van der Waals surface area contributed by atoms with Gasteiger partial charge in [-0.2, -0.15) is 0 Å². The van der Waals surface area contributed by atoms with Crippen molar-refractivity contribution in [3.8, 4) is 0 Å². The van der Waals surface area contributed by atoms with Crippen LogP contribution in [0.25, 0.3) is 0 Å². The molecule has 0 bridgehead atoms. The summed E-state index contributed by atoms with van der Waals surface area (Å²) in [7, 11) is 0.